The fourth-order valence-electron chi connectivity index (χ4n) is 2.75. The van der Waals surface area contributed by atoms with E-state index in [0.29, 0.717) is 13.1 Å². The molecule has 0 aliphatic carbocycles. The van der Waals surface area contributed by atoms with E-state index in [0.717, 1.165) is 24.9 Å². The third-order valence-electron chi connectivity index (χ3n) is 4.59. The van der Waals surface area contributed by atoms with Gasteiger partial charge in [0.2, 0.25) is 5.91 Å². The summed E-state index contributed by atoms with van der Waals surface area (Å²) in [5, 5.41) is 3.04. The van der Waals surface area contributed by atoms with Gasteiger partial charge in [-0.1, -0.05) is 38.1 Å². The lowest BCUT2D eigenvalue weighted by Crippen LogP contribution is -2.45. The first-order valence-electron chi connectivity index (χ1n) is 8.15. The van der Waals surface area contributed by atoms with Crippen LogP contribution >= 0.6 is 0 Å². The Morgan fingerprint density at radius 2 is 2.04 bits per heavy atom. The molecule has 0 spiro atoms. The SMILES string of the molecule is CCC(CC)(CN)C(=O)NCc1cccc(Cn2ccnc2)c1. The summed E-state index contributed by atoms with van der Waals surface area (Å²) >= 11 is 0. The van der Waals surface area contributed by atoms with Gasteiger partial charge in [0.15, 0.2) is 0 Å². The molecular formula is C18H26N4O. The Morgan fingerprint density at radius 3 is 2.65 bits per heavy atom. The maximum Gasteiger partial charge on any atom is 0.227 e. The number of amides is 1. The molecule has 0 aliphatic rings. The van der Waals surface area contributed by atoms with E-state index in [4.69, 9.17) is 5.73 Å². The van der Waals surface area contributed by atoms with Gasteiger partial charge in [0.1, 0.15) is 0 Å². The highest BCUT2D eigenvalue weighted by molar-refractivity contribution is 5.82. The molecule has 0 saturated carbocycles. The molecule has 0 aliphatic heterocycles. The van der Waals surface area contributed by atoms with Gasteiger partial charge in [-0.05, 0) is 24.0 Å². The Morgan fingerprint density at radius 1 is 1.30 bits per heavy atom. The summed E-state index contributed by atoms with van der Waals surface area (Å²) in [6, 6.07) is 8.24. The van der Waals surface area contributed by atoms with E-state index in [1.807, 2.05) is 36.7 Å². The molecule has 5 nitrogen and oxygen atoms in total. The summed E-state index contributed by atoms with van der Waals surface area (Å²) < 4.78 is 2.02. The lowest BCUT2D eigenvalue weighted by molar-refractivity contribution is -0.131. The zero-order valence-corrected chi connectivity index (χ0v) is 14.0. The smallest absolute Gasteiger partial charge is 0.227 e. The van der Waals surface area contributed by atoms with Crippen molar-refractivity contribution in [3.05, 3.63) is 54.1 Å². The summed E-state index contributed by atoms with van der Waals surface area (Å²) in [6.07, 6.45) is 7.02. The summed E-state index contributed by atoms with van der Waals surface area (Å²) in [7, 11) is 0. The Bertz CT molecular complexity index is 609. The van der Waals surface area contributed by atoms with Gasteiger partial charge in [0, 0.05) is 32.0 Å². The van der Waals surface area contributed by atoms with Crippen LogP contribution in [0.2, 0.25) is 0 Å². The number of carbonyl (C=O) groups excluding carboxylic acids is 1. The highest BCUT2D eigenvalue weighted by Gasteiger charge is 2.32. The number of imidazole rings is 1. The van der Waals surface area contributed by atoms with Crippen LogP contribution in [0, 0.1) is 5.41 Å². The minimum atomic E-state index is -0.450. The molecule has 1 heterocycles. The zero-order chi connectivity index (χ0) is 16.7. The van der Waals surface area contributed by atoms with Crippen molar-refractivity contribution in [3.63, 3.8) is 0 Å². The largest absolute Gasteiger partial charge is 0.352 e. The number of aromatic nitrogens is 2. The molecule has 1 aromatic heterocycles. The van der Waals surface area contributed by atoms with E-state index in [1.54, 1.807) is 12.5 Å². The van der Waals surface area contributed by atoms with Gasteiger partial charge in [-0.3, -0.25) is 4.79 Å². The fourth-order valence-corrected chi connectivity index (χ4v) is 2.75. The maximum absolute atomic E-state index is 12.5. The van der Waals surface area contributed by atoms with Crippen molar-refractivity contribution >= 4 is 5.91 Å². The second-order valence-corrected chi connectivity index (χ2v) is 5.93. The van der Waals surface area contributed by atoms with Crippen LogP contribution in [0.5, 0.6) is 0 Å². The molecule has 0 fully saturated rings. The third kappa shape index (κ3) is 4.20. The average molecular weight is 314 g/mol. The Balaban J connectivity index is 1.99. The number of hydrogen-bond acceptors (Lipinski definition) is 3. The lowest BCUT2D eigenvalue weighted by atomic mass is 9.81. The third-order valence-corrected chi connectivity index (χ3v) is 4.59. The molecule has 0 atom stereocenters. The van der Waals surface area contributed by atoms with Crippen molar-refractivity contribution in [2.75, 3.05) is 6.54 Å². The van der Waals surface area contributed by atoms with Gasteiger partial charge in [0.25, 0.3) is 0 Å². The topological polar surface area (TPSA) is 72.9 Å². The average Bonchev–Trinajstić information content (AvgIpc) is 3.08. The molecule has 3 N–H and O–H groups in total. The summed E-state index contributed by atoms with van der Waals surface area (Å²) in [5.41, 5.74) is 7.66. The molecule has 0 radical (unpaired) electrons. The van der Waals surface area contributed by atoms with Gasteiger partial charge in [-0.15, -0.1) is 0 Å². The van der Waals surface area contributed by atoms with E-state index in [2.05, 4.69) is 22.4 Å². The van der Waals surface area contributed by atoms with Crippen LogP contribution < -0.4 is 11.1 Å². The summed E-state index contributed by atoms with van der Waals surface area (Å²) in [4.78, 5) is 16.5. The molecule has 2 rings (SSSR count). The standard InChI is InChI=1S/C18H26N4O/c1-3-18(4-2,13-19)17(23)21-11-15-6-5-7-16(10-15)12-22-9-8-20-14-22/h5-10,14H,3-4,11-13,19H2,1-2H3,(H,21,23). The number of hydrogen-bond donors (Lipinski definition) is 2. The minimum Gasteiger partial charge on any atom is -0.352 e. The predicted molar refractivity (Wildman–Crippen MR) is 91.7 cm³/mol. The molecular weight excluding hydrogens is 288 g/mol. The molecule has 2 aromatic rings. The predicted octanol–water partition coefficient (Wildman–Crippen LogP) is 2.31. The van der Waals surface area contributed by atoms with Gasteiger partial charge >= 0.3 is 0 Å². The first kappa shape index (κ1) is 17.2. The van der Waals surface area contributed by atoms with E-state index in [1.165, 1.54) is 5.56 Å². The molecule has 1 amide bonds. The molecule has 1 aromatic carbocycles. The van der Waals surface area contributed by atoms with Crippen LogP contribution in [0.4, 0.5) is 0 Å². The van der Waals surface area contributed by atoms with Gasteiger partial charge < -0.3 is 15.6 Å². The molecule has 0 saturated heterocycles. The van der Waals surface area contributed by atoms with Crippen molar-refractivity contribution in [1.82, 2.24) is 14.9 Å². The normalized spacial score (nSPS) is 11.4. The number of rotatable bonds is 8. The highest BCUT2D eigenvalue weighted by atomic mass is 16.2. The highest BCUT2D eigenvalue weighted by Crippen LogP contribution is 2.25. The van der Waals surface area contributed by atoms with Crippen molar-refractivity contribution < 1.29 is 4.79 Å². The van der Waals surface area contributed by atoms with E-state index in [-0.39, 0.29) is 5.91 Å². The molecule has 0 unspecified atom stereocenters. The van der Waals surface area contributed by atoms with Crippen molar-refractivity contribution in [3.8, 4) is 0 Å². The number of nitrogens with zero attached hydrogens (tertiary/aromatic N) is 2. The first-order valence-corrected chi connectivity index (χ1v) is 8.15. The van der Waals surface area contributed by atoms with Crippen molar-refractivity contribution in [2.24, 2.45) is 11.1 Å². The molecule has 124 valence electrons. The zero-order valence-electron chi connectivity index (χ0n) is 14.0. The Hall–Kier alpha value is -2.14. The Labute approximate surface area is 137 Å². The van der Waals surface area contributed by atoms with Crippen LogP contribution in [0.15, 0.2) is 43.0 Å². The van der Waals surface area contributed by atoms with Crippen molar-refractivity contribution in [1.29, 1.82) is 0 Å². The Kier molecular flexibility index (Phi) is 5.93. The van der Waals surface area contributed by atoms with E-state index < -0.39 is 5.41 Å². The number of nitrogens with two attached hydrogens (primary N) is 1. The van der Waals surface area contributed by atoms with E-state index in [9.17, 15) is 4.79 Å². The first-order chi connectivity index (χ1) is 11.1. The summed E-state index contributed by atoms with van der Waals surface area (Å²) in [5.74, 6) is 0.0463. The van der Waals surface area contributed by atoms with Crippen molar-refractivity contribution in [2.45, 2.75) is 39.8 Å². The van der Waals surface area contributed by atoms with Crippen LogP contribution in [0.3, 0.4) is 0 Å². The lowest BCUT2D eigenvalue weighted by Gasteiger charge is -2.28. The summed E-state index contributed by atoms with van der Waals surface area (Å²) in [6.45, 7) is 5.71. The monoisotopic (exact) mass is 314 g/mol. The van der Waals surface area contributed by atoms with Crippen LogP contribution in [-0.4, -0.2) is 22.0 Å². The van der Waals surface area contributed by atoms with Crippen LogP contribution in [0.25, 0.3) is 0 Å². The number of carbonyl (C=O) groups is 1. The molecule has 23 heavy (non-hydrogen) atoms. The minimum absolute atomic E-state index is 0.0463. The van der Waals surface area contributed by atoms with Crippen LogP contribution in [-0.2, 0) is 17.9 Å². The number of benzene rings is 1. The molecule has 0 bridgehead atoms. The number of nitrogens with one attached hydrogen (secondary N) is 1. The van der Waals surface area contributed by atoms with Gasteiger partial charge in [-0.2, -0.15) is 0 Å². The quantitative estimate of drug-likeness (QED) is 0.785. The second-order valence-electron chi connectivity index (χ2n) is 5.93. The van der Waals surface area contributed by atoms with E-state index >= 15 is 0 Å². The van der Waals surface area contributed by atoms with Gasteiger partial charge in [-0.25, -0.2) is 4.98 Å². The van der Waals surface area contributed by atoms with Crippen LogP contribution in [0.1, 0.15) is 37.8 Å². The van der Waals surface area contributed by atoms with Gasteiger partial charge in [0.05, 0.1) is 11.7 Å². The molecule has 5 heteroatoms. The second kappa shape index (κ2) is 7.92. The maximum atomic E-state index is 12.5. The fraction of sp³-hybridized carbons (Fsp3) is 0.444.